The van der Waals surface area contributed by atoms with Crippen LogP contribution in [0.3, 0.4) is 0 Å². The molecule has 2 nitrogen and oxygen atoms in total. The average molecular weight is 240 g/mol. The maximum absolute atomic E-state index is 5.55. The third-order valence-corrected chi connectivity index (χ3v) is 3.74. The van der Waals surface area contributed by atoms with Crippen LogP contribution in [0.2, 0.25) is 0 Å². The topological polar surface area (TPSA) is 9.23 Å². The smallest absolute Gasteiger partial charge is 0.138 e. The van der Waals surface area contributed by atoms with Gasteiger partial charge in [0.15, 0.2) is 0 Å². The molecule has 0 atom stereocenters. The van der Waals surface area contributed by atoms with Crippen LogP contribution < -0.4 is 4.48 Å². The first-order valence-electron chi connectivity index (χ1n) is 6.48. The molecule has 0 aromatic heterocycles. The third-order valence-electron chi connectivity index (χ3n) is 3.74. The molecular weight excluding hydrogens is 222 g/mol. The summed E-state index contributed by atoms with van der Waals surface area (Å²) in [4.78, 5) is 0. The normalized spacial score (nSPS) is 18.4. The summed E-state index contributed by atoms with van der Waals surface area (Å²) in [6.07, 6.45) is 0. The molecule has 0 N–H and O–H groups in total. The van der Waals surface area contributed by atoms with Gasteiger partial charge in [-0.15, -0.1) is 0 Å². The Kier molecular flexibility index (Phi) is 3.13. The molecule has 2 aromatic carbocycles. The summed E-state index contributed by atoms with van der Waals surface area (Å²) in [6, 6.07) is 21.5. The standard InChI is InChI=1S/C16H18NO/c1-3-7-15(8-4-1)17(11-13-18-14-12-17)16-9-5-2-6-10-16/h1-10H,11-14H2/q+1. The summed E-state index contributed by atoms with van der Waals surface area (Å²) < 4.78 is 6.46. The van der Waals surface area contributed by atoms with Crippen LogP contribution in [-0.2, 0) is 4.74 Å². The number of morpholine rings is 1. The van der Waals surface area contributed by atoms with E-state index in [2.05, 4.69) is 60.7 Å². The Balaban J connectivity index is 2.10. The van der Waals surface area contributed by atoms with Crippen LogP contribution in [0.15, 0.2) is 60.7 Å². The number of quaternary nitrogens is 1. The average Bonchev–Trinajstić information content (AvgIpc) is 2.50. The van der Waals surface area contributed by atoms with Crippen molar-refractivity contribution >= 4 is 11.4 Å². The number of benzene rings is 2. The molecule has 0 aliphatic carbocycles. The van der Waals surface area contributed by atoms with Crippen LogP contribution in [-0.4, -0.2) is 26.3 Å². The van der Waals surface area contributed by atoms with Crippen LogP contribution in [0, 0.1) is 0 Å². The van der Waals surface area contributed by atoms with Crippen molar-refractivity contribution in [2.45, 2.75) is 0 Å². The maximum Gasteiger partial charge on any atom is 0.138 e. The van der Waals surface area contributed by atoms with E-state index < -0.39 is 0 Å². The van der Waals surface area contributed by atoms with Crippen LogP contribution in [0.5, 0.6) is 0 Å². The second-order valence-electron chi connectivity index (χ2n) is 4.70. The summed E-state index contributed by atoms with van der Waals surface area (Å²) in [5.74, 6) is 0. The molecule has 3 rings (SSSR count). The lowest BCUT2D eigenvalue weighted by atomic mass is 10.1. The van der Waals surface area contributed by atoms with Crippen molar-refractivity contribution in [3.05, 3.63) is 60.7 Å². The number of hydrogen-bond acceptors (Lipinski definition) is 1. The van der Waals surface area contributed by atoms with Gasteiger partial charge in [0.2, 0.25) is 0 Å². The molecule has 2 heteroatoms. The minimum Gasteiger partial charge on any atom is -0.370 e. The Labute approximate surface area is 108 Å². The maximum atomic E-state index is 5.55. The Morgan fingerprint density at radius 3 is 1.56 bits per heavy atom. The lowest BCUT2D eigenvalue weighted by Gasteiger charge is -2.40. The zero-order valence-corrected chi connectivity index (χ0v) is 10.5. The Morgan fingerprint density at radius 1 is 0.667 bits per heavy atom. The van der Waals surface area contributed by atoms with Crippen molar-refractivity contribution in [2.24, 2.45) is 0 Å². The fourth-order valence-corrected chi connectivity index (χ4v) is 2.75. The number of nitrogens with zero attached hydrogens (tertiary/aromatic N) is 1. The van der Waals surface area contributed by atoms with E-state index in [-0.39, 0.29) is 0 Å². The highest BCUT2D eigenvalue weighted by Gasteiger charge is 2.35. The summed E-state index contributed by atoms with van der Waals surface area (Å²) in [6.45, 7) is 3.66. The zero-order valence-electron chi connectivity index (χ0n) is 10.5. The van der Waals surface area contributed by atoms with Gasteiger partial charge in [0.05, 0.1) is 13.2 Å². The summed E-state index contributed by atoms with van der Waals surface area (Å²) in [5, 5.41) is 0. The van der Waals surface area contributed by atoms with Crippen molar-refractivity contribution in [3.63, 3.8) is 0 Å². The van der Waals surface area contributed by atoms with Crippen LogP contribution >= 0.6 is 0 Å². The van der Waals surface area contributed by atoms with E-state index in [1.54, 1.807) is 0 Å². The fraction of sp³-hybridized carbons (Fsp3) is 0.250. The molecule has 1 aliphatic rings. The van der Waals surface area contributed by atoms with E-state index in [4.69, 9.17) is 4.74 Å². The lowest BCUT2D eigenvalue weighted by Crippen LogP contribution is -2.52. The molecule has 0 radical (unpaired) electrons. The minimum absolute atomic E-state index is 0.823. The first-order chi connectivity index (χ1) is 8.92. The SMILES string of the molecule is c1ccc([N+]2(c3ccccc3)CCOCC2)cc1. The van der Waals surface area contributed by atoms with Crippen molar-refractivity contribution in [3.8, 4) is 0 Å². The van der Waals surface area contributed by atoms with Crippen molar-refractivity contribution in [1.82, 2.24) is 4.48 Å². The summed E-state index contributed by atoms with van der Waals surface area (Å²) in [5.41, 5.74) is 2.71. The van der Waals surface area contributed by atoms with Gasteiger partial charge in [0.25, 0.3) is 0 Å². The van der Waals surface area contributed by atoms with Crippen LogP contribution in [0.1, 0.15) is 0 Å². The van der Waals surface area contributed by atoms with Crippen LogP contribution in [0.4, 0.5) is 11.4 Å². The van der Waals surface area contributed by atoms with Gasteiger partial charge in [-0.3, -0.25) is 4.48 Å². The molecule has 0 bridgehead atoms. The van der Waals surface area contributed by atoms with Gasteiger partial charge in [0, 0.05) is 0 Å². The largest absolute Gasteiger partial charge is 0.370 e. The predicted molar refractivity (Wildman–Crippen MR) is 74.9 cm³/mol. The number of ether oxygens (including phenoxy) is 1. The van der Waals surface area contributed by atoms with E-state index >= 15 is 0 Å². The Bertz CT molecular complexity index is 448. The van der Waals surface area contributed by atoms with Crippen LogP contribution in [0.25, 0.3) is 0 Å². The fourth-order valence-electron chi connectivity index (χ4n) is 2.75. The summed E-state index contributed by atoms with van der Waals surface area (Å²) in [7, 11) is 0. The molecule has 1 fully saturated rings. The molecule has 1 aliphatic heterocycles. The molecule has 18 heavy (non-hydrogen) atoms. The number of para-hydroxylation sites is 2. The highest BCUT2D eigenvalue weighted by molar-refractivity contribution is 5.58. The van der Waals surface area contributed by atoms with Crippen molar-refractivity contribution in [1.29, 1.82) is 0 Å². The third kappa shape index (κ3) is 1.94. The van der Waals surface area contributed by atoms with Crippen molar-refractivity contribution < 1.29 is 4.74 Å². The van der Waals surface area contributed by atoms with Gasteiger partial charge in [-0.25, -0.2) is 0 Å². The molecule has 1 saturated heterocycles. The van der Waals surface area contributed by atoms with Gasteiger partial charge in [0.1, 0.15) is 24.5 Å². The molecule has 0 unspecified atom stereocenters. The predicted octanol–water partition coefficient (Wildman–Crippen LogP) is 3.36. The lowest BCUT2D eigenvalue weighted by molar-refractivity contribution is 0.0641. The Hall–Kier alpha value is -1.64. The second-order valence-corrected chi connectivity index (χ2v) is 4.70. The Morgan fingerprint density at radius 2 is 1.11 bits per heavy atom. The van der Waals surface area contributed by atoms with E-state index in [9.17, 15) is 0 Å². The molecule has 0 spiro atoms. The molecule has 92 valence electrons. The quantitative estimate of drug-likeness (QED) is 0.731. The van der Waals surface area contributed by atoms with Gasteiger partial charge < -0.3 is 4.74 Å². The van der Waals surface area contributed by atoms with E-state index in [1.807, 2.05) is 0 Å². The molecule has 1 heterocycles. The monoisotopic (exact) mass is 240 g/mol. The van der Waals surface area contributed by atoms with Gasteiger partial charge >= 0.3 is 0 Å². The van der Waals surface area contributed by atoms with E-state index in [0.29, 0.717) is 0 Å². The highest BCUT2D eigenvalue weighted by Crippen LogP contribution is 2.35. The molecule has 2 aromatic rings. The van der Waals surface area contributed by atoms with Crippen molar-refractivity contribution in [2.75, 3.05) is 26.3 Å². The van der Waals surface area contributed by atoms with E-state index in [0.717, 1.165) is 30.8 Å². The first kappa shape index (κ1) is 11.5. The molecule has 0 saturated carbocycles. The molecular formula is C16H18NO+. The van der Waals surface area contributed by atoms with Gasteiger partial charge in [-0.2, -0.15) is 0 Å². The van der Waals surface area contributed by atoms with E-state index in [1.165, 1.54) is 11.4 Å². The number of hydrogen-bond donors (Lipinski definition) is 0. The van der Waals surface area contributed by atoms with Gasteiger partial charge in [-0.1, -0.05) is 36.4 Å². The summed E-state index contributed by atoms with van der Waals surface area (Å²) >= 11 is 0. The highest BCUT2D eigenvalue weighted by atomic mass is 16.5. The second kappa shape index (κ2) is 4.92. The minimum atomic E-state index is 0.823. The zero-order chi connectivity index (χ0) is 12.3. The number of rotatable bonds is 2. The first-order valence-corrected chi connectivity index (χ1v) is 6.48. The molecule has 0 amide bonds. The van der Waals surface area contributed by atoms with Gasteiger partial charge in [-0.05, 0) is 24.3 Å².